The lowest BCUT2D eigenvalue weighted by atomic mass is 9.96. The molecular formula is C32H32N4O3S. The molecule has 0 bridgehead atoms. The van der Waals surface area contributed by atoms with Crippen LogP contribution in [-0.4, -0.2) is 31.8 Å². The Hall–Kier alpha value is -4.17. The van der Waals surface area contributed by atoms with E-state index in [-0.39, 0.29) is 17.6 Å². The number of ether oxygens (including phenoxy) is 1. The van der Waals surface area contributed by atoms with E-state index in [9.17, 15) is 9.90 Å². The van der Waals surface area contributed by atoms with E-state index in [0.717, 1.165) is 46.9 Å². The van der Waals surface area contributed by atoms with E-state index < -0.39 is 5.97 Å². The van der Waals surface area contributed by atoms with Crippen molar-refractivity contribution >= 4 is 29.0 Å². The van der Waals surface area contributed by atoms with Crippen molar-refractivity contribution in [3.05, 3.63) is 107 Å². The van der Waals surface area contributed by atoms with Gasteiger partial charge in [-0.15, -0.1) is 0 Å². The number of aryl methyl sites for hydroxylation is 1. The lowest BCUT2D eigenvalue weighted by molar-refractivity contribution is 0.0697. The van der Waals surface area contributed by atoms with Gasteiger partial charge in [-0.2, -0.15) is 0 Å². The van der Waals surface area contributed by atoms with Gasteiger partial charge in [-0.1, -0.05) is 18.2 Å². The molecule has 7 nitrogen and oxygen atoms in total. The average Bonchev–Trinajstić information content (AvgIpc) is 3.67. The van der Waals surface area contributed by atoms with E-state index in [1.807, 2.05) is 60.9 Å². The molecule has 2 atom stereocenters. The third-order valence-corrected chi connectivity index (χ3v) is 8.30. The highest BCUT2D eigenvalue weighted by molar-refractivity contribution is 7.80. The summed E-state index contributed by atoms with van der Waals surface area (Å²) in [7, 11) is 0. The highest BCUT2D eigenvalue weighted by Gasteiger charge is 2.42. The molecule has 1 aliphatic heterocycles. The van der Waals surface area contributed by atoms with Gasteiger partial charge in [0.2, 0.25) is 0 Å². The van der Waals surface area contributed by atoms with E-state index in [0.29, 0.717) is 16.9 Å². The standard InChI is InChI=1S/C32H32N4O3S/c1-20-19-26(21(2)35(20)28-13-6-5-11-25(28)31(37)38)30-29(27-12-7-8-18-33-27)34-32(40)36(30)22-14-16-24(17-15-22)39-23-9-3-4-10-23/h5-8,11-19,23,29-30H,3-4,9-10H2,1-2H3,(H,34,40)(H,37,38)/t29-,30+/m1/s1. The van der Waals surface area contributed by atoms with Gasteiger partial charge in [0.25, 0.3) is 0 Å². The van der Waals surface area contributed by atoms with Gasteiger partial charge >= 0.3 is 5.97 Å². The van der Waals surface area contributed by atoms with Gasteiger partial charge in [-0.3, -0.25) is 4.98 Å². The zero-order valence-corrected chi connectivity index (χ0v) is 23.4. The van der Waals surface area contributed by atoms with E-state index in [1.165, 1.54) is 12.8 Å². The van der Waals surface area contributed by atoms with Crippen LogP contribution in [0.3, 0.4) is 0 Å². The van der Waals surface area contributed by atoms with Crippen molar-refractivity contribution in [1.82, 2.24) is 14.9 Å². The Labute approximate surface area is 239 Å². The molecule has 2 aliphatic rings. The number of aromatic carboxylic acids is 1. The molecule has 0 unspecified atom stereocenters. The number of rotatable bonds is 7. The fraction of sp³-hybridized carbons (Fsp3) is 0.281. The van der Waals surface area contributed by atoms with Crippen LogP contribution in [0.25, 0.3) is 5.69 Å². The molecule has 4 aromatic rings. The third kappa shape index (κ3) is 4.73. The zero-order valence-electron chi connectivity index (χ0n) is 22.6. The summed E-state index contributed by atoms with van der Waals surface area (Å²) in [4.78, 5) is 18.9. The number of carboxylic acid groups (broad SMARTS) is 1. The van der Waals surface area contributed by atoms with Crippen molar-refractivity contribution in [2.75, 3.05) is 4.90 Å². The van der Waals surface area contributed by atoms with Crippen LogP contribution >= 0.6 is 12.2 Å². The zero-order chi connectivity index (χ0) is 27.8. The quantitative estimate of drug-likeness (QED) is 0.247. The minimum absolute atomic E-state index is 0.202. The Morgan fingerprint density at radius 3 is 2.45 bits per heavy atom. The van der Waals surface area contributed by atoms with Crippen LogP contribution in [0.15, 0.2) is 79.0 Å². The number of thiocarbonyl (C=S) groups is 1. The number of anilines is 1. The van der Waals surface area contributed by atoms with Gasteiger partial charge in [0, 0.05) is 23.3 Å². The van der Waals surface area contributed by atoms with E-state index in [2.05, 4.69) is 33.4 Å². The molecule has 0 amide bonds. The predicted octanol–water partition coefficient (Wildman–Crippen LogP) is 6.69. The summed E-state index contributed by atoms with van der Waals surface area (Å²) < 4.78 is 8.23. The Balaban J connectivity index is 1.43. The summed E-state index contributed by atoms with van der Waals surface area (Å²) in [6, 6.07) is 22.9. The van der Waals surface area contributed by atoms with Crippen LogP contribution in [0, 0.1) is 13.8 Å². The number of para-hydroxylation sites is 1. The van der Waals surface area contributed by atoms with E-state index >= 15 is 0 Å². The van der Waals surface area contributed by atoms with E-state index in [4.69, 9.17) is 17.0 Å². The summed E-state index contributed by atoms with van der Waals surface area (Å²) in [5.74, 6) is -0.0868. The average molecular weight is 553 g/mol. The van der Waals surface area contributed by atoms with Crippen LogP contribution in [-0.2, 0) is 0 Å². The van der Waals surface area contributed by atoms with Gasteiger partial charge < -0.3 is 24.6 Å². The number of carboxylic acids is 1. The maximum atomic E-state index is 12.1. The molecule has 3 heterocycles. The highest BCUT2D eigenvalue weighted by Crippen LogP contribution is 2.44. The maximum absolute atomic E-state index is 12.1. The second kappa shape index (κ2) is 10.8. The SMILES string of the molecule is Cc1cc([C@H]2[C@@H](c3ccccn3)NC(=S)N2c2ccc(OC3CCCC3)cc2)c(C)n1-c1ccccc1C(=O)O. The number of nitrogens with zero attached hydrogens (tertiary/aromatic N) is 3. The van der Waals surface area contributed by atoms with Crippen LogP contribution < -0.4 is 15.0 Å². The second-order valence-corrected chi connectivity index (χ2v) is 10.9. The first-order valence-corrected chi connectivity index (χ1v) is 14.1. The molecule has 2 aromatic carbocycles. The molecule has 2 N–H and O–H groups in total. The highest BCUT2D eigenvalue weighted by atomic mass is 32.1. The maximum Gasteiger partial charge on any atom is 0.337 e. The number of benzene rings is 2. The number of aromatic nitrogens is 2. The number of hydrogen-bond acceptors (Lipinski definition) is 4. The molecule has 1 aliphatic carbocycles. The first-order chi connectivity index (χ1) is 19.4. The molecule has 2 aromatic heterocycles. The molecule has 1 saturated heterocycles. The Morgan fingerprint density at radius 2 is 1.75 bits per heavy atom. The van der Waals surface area contributed by atoms with Crippen LogP contribution in [0.5, 0.6) is 5.75 Å². The molecule has 8 heteroatoms. The van der Waals surface area contributed by atoms with Crippen molar-refractivity contribution in [3.8, 4) is 11.4 Å². The van der Waals surface area contributed by atoms with Crippen LogP contribution in [0.2, 0.25) is 0 Å². The van der Waals surface area contributed by atoms with Crippen molar-refractivity contribution in [3.63, 3.8) is 0 Å². The predicted molar refractivity (Wildman–Crippen MR) is 159 cm³/mol. The van der Waals surface area contributed by atoms with Crippen molar-refractivity contribution < 1.29 is 14.6 Å². The molecule has 0 radical (unpaired) electrons. The van der Waals surface area contributed by atoms with Crippen molar-refractivity contribution in [1.29, 1.82) is 0 Å². The smallest absolute Gasteiger partial charge is 0.337 e. The summed E-state index contributed by atoms with van der Waals surface area (Å²) in [5, 5.41) is 14.0. The van der Waals surface area contributed by atoms with Crippen molar-refractivity contribution in [2.45, 2.75) is 57.7 Å². The largest absolute Gasteiger partial charge is 0.490 e. The van der Waals surface area contributed by atoms with Crippen LogP contribution in [0.4, 0.5) is 5.69 Å². The third-order valence-electron chi connectivity index (χ3n) is 7.98. The van der Waals surface area contributed by atoms with Crippen LogP contribution in [0.1, 0.15) is 70.8 Å². The normalized spacial score (nSPS) is 19.1. The number of pyridine rings is 1. The van der Waals surface area contributed by atoms with Gasteiger partial charge in [-0.25, -0.2) is 4.79 Å². The Morgan fingerprint density at radius 1 is 1.02 bits per heavy atom. The summed E-state index contributed by atoms with van der Waals surface area (Å²) in [6.45, 7) is 4.04. The van der Waals surface area contributed by atoms with Crippen molar-refractivity contribution in [2.24, 2.45) is 0 Å². The summed E-state index contributed by atoms with van der Waals surface area (Å²) in [5.41, 5.74) is 5.68. The van der Waals surface area contributed by atoms with E-state index in [1.54, 1.807) is 18.3 Å². The second-order valence-electron chi connectivity index (χ2n) is 10.5. The van der Waals surface area contributed by atoms with Gasteiger partial charge in [0.15, 0.2) is 5.11 Å². The minimum Gasteiger partial charge on any atom is -0.490 e. The number of carbonyl (C=O) groups is 1. The molecular weight excluding hydrogens is 520 g/mol. The van der Waals surface area contributed by atoms with Gasteiger partial charge in [0.05, 0.1) is 35.1 Å². The summed E-state index contributed by atoms with van der Waals surface area (Å²) >= 11 is 5.93. The number of nitrogens with one attached hydrogen (secondary N) is 1. The molecule has 2 fully saturated rings. The molecule has 1 saturated carbocycles. The Kier molecular flexibility index (Phi) is 7.02. The molecule has 204 valence electrons. The monoisotopic (exact) mass is 552 g/mol. The minimum atomic E-state index is -0.957. The lowest BCUT2D eigenvalue weighted by Gasteiger charge is -2.28. The molecule has 6 rings (SSSR count). The number of hydrogen-bond donors (Lipinski definition) is 2. The fourth-order valence-corrected chi connectivity index (χ4v) is 6.49. The van der Waals surface area contributed by atoms with Gasteiger partial charge in [0.1, 0.15) is 5.75 Å². The Bertz CT molecular complexity index is 1540. The van der Waals surface area contributed by atoms with Gasteiger partial charge in [-0.05, 0) is 112 Å². The topological polar surface area (TPSA) is 79.6 Å². The first-order valence-electron chi connectivity index (χ1n) is 13.7. The summed E-state index contributed by atoms with van der Waals surface area (Å²) in [6.07, 6.45) is 6.75. The first kappa shape index (κ1) is 26.1. The molecule has 40 heavy (non-hydrogen) atoms. The fourth-order valence-electron chi connectivity index (χ4n) is 6.14. The lowest BCUT2D eigenvalue weighted by Crippen LogP contribution is -2.29. The molecule has 0 spiro atoms.